The molecule has 0 saturated heterocycles. The molecular formula is C11H11FO4. The molecule has 1 N–H and O–H groups in total. The number of rotatable bonds is 4. The summed E-state index contributed by atoms with van der Waals surface area (Å²) in [5.41, 5.74) is -0.505. The maximum absolute atomic E-state index is 13.6. The molecule has 5 heteroatoms. The lowest BCUT2D eigenvalue weighted by atomic mass is 10.1. The van der Waals surface area contributed by atoms with Crippen molar-refractivity contribution in [1.82, 2.24) is 0 Å². The van der Waals surface area contributed by atoms with E-state index >= 15 is 0 Å². The number of aromatic carboxylic acids is 1. The van der Waals surface area contributed by atoms with Crippen molar-refractivity contribution in [2.75, 3.05) is 0 Å². The van der Waals surface area contributed by atoms with Crippen molar-refractivity contribution in [3.63, 3.8) is 0 Å². The van der Waals surface area contributed by atoms with Gasteiger partial charge >= 0.3 is 5.97 Å². The summed E-state index contributed by atoms with van der Waals surface area (Å²) in [6.07, 6.45) is 0.136. The summed E-state index contributed by atoms with van der Waals surface area (Å²) in [6, 6.07) is 2.15. The predicted octanol–water partition coefficient (Wildman–Crippen LogP) is 2.12. The van der Waals surface area contributed by atoms with E-state index in [4.69, 9.17) is 9.84 Å². The number of halogens is 1. The standard InChI is InChI=1S/C11H11FO4/c1-6(2)16-9-4-7(5-13)3-8(10(9)12)11(14)15/h3-6H,1-2H3,(H,14,15). The Morgan fingerprint density at radius 3 is 2.56 bits per heavy atom. The van der Waals surface area contributed by atoms with E-state index in [1.54, 1.807) is 13.8 Å². The second kappa shape index (κ2) is 4.74. The van der Waals surface area contributed by atoms with E-state index in [2.05, 4.69) is 0 Å². The van der Waals surface area contributed by atoms with Crippen LogP contribution in [0.3, 0.4) is 0 Å². The average molecular weight is 226 g/mol. The third kappa shape index (κ3) is 2.56. The summed E-state index contributed by atoms with van der Waals surface area (Å²) in [5.74, 6) is -2.63. The second-order valence-corrected chi connectivity index (χ2v) is 3.47. The van der Waals surface area contributed by atoms with Crippen molar-refractivity contribution in [1.29, 1.82) is 0 Å². The number of ether oxygens (including phenoxy) is 1. The highest BCUT2D eigenvalue weighted by atomic mass is 19.1. The Morgan fingerprint density at radius 1 is 1.50 bits per heavy atom. The predicted molar refractivity (Wildman–Crippen MR) is 54.5 cm³/mol. The first-order valence-corrected chi connectivity index (χ1v) is 4.64. The molecule has 0 bridgehead atoms. The fraction of sp³-hybridized carbons (Fsp3) is 0.273. The third-order valence-electron chi connectivity index (χ3n) is 1.79. The Labute approximate surface area is 91.7 Å². The Kier molecular flexibility index (Phi) is 3.60. The largest absolute Gasteiger partial charge is 0.488 e. The van der Waals surface area contributed by atoms with Crippen molar-refractivity contribution < 1.29 is 23.8 Å². The lowest BCUT2D eigenvalue weighted by Crippen LogP contribution is -2.10. The van der Waals surface area contributed by atoms with Gasteiger partial charge in [-0.25, -0.2) is 9.18 Å². The summed E-state index contributed by atoms with van der Waals surface area (Å²) in [4.78, 5) is 21.3. The van der Waals surface area contributed by atoms with Gasteiger partial charge in [0.2, 0.25) is 0 Å². The molecule has 0 atom stereocenters. The monoisotopic (exact) mass is 226 g/mol. The zero-order chi connectivity index (χ0) is 12.3. The molecule has 0 unspecified atom stereocenters. The van der Waals surface area contributed by atoms with Crippen molar-refractivity contribution >= 4 is 12.3 Å². The Hall–Kier alpha value is -1.91. The van der Waals surface area contributed by atoms with Gasteiger partial charge in [0.1, 0.15) is 6.29 Å². The molecule has 1 aromatic rings. The van der Waals surface area contributed by atoms with Crippen LogP contribution in [0, 0.1) is 5.82 Å². The van der Waals surface area contributed by atoms with Crippen LogP contribution in [0.15, 0.2) is 12.1 Å². The Balaban J connectivity index is 3.31. The first-order chi connectivity index (χ1) is 7.45. The normalized spacial score (nSPS) is 10.2. The lowest BCUT2D eigenvalue weighted by molar-refractivity contribution is 0.0690. The van der Waals surface area contributed by atoms with Crippen LogP contribution in [-0.2, 0) is 0 Å². The van der Waals surface area contributed by atoms with Gasteiger partial charge in [0.25, 0.3) is 0 Å². The lowest BCUT2D eigenvalue weighted by Gasteiger charge is -2.12. The topological polar surface area (TPSA) is 63.6 Å². The quantitative estimate of drug-likeness (QED) is 0.799. The van der Waals surface area contributed by atoms with Crippen molar-refractivity contribution in [2.45, 2.75) is 20.0 Å². The van der Waals surface area contributed by atoms with Gasteiger partial charge in [-0.2, -0.15) is 0 Å². The molecule has 0 fully saturated rings. The zero-order valence-corrected chi connectivity index (χ0v) is 8.86. The molecule has 1 rings (SSSR count). The van der Waals surface area contributed by atoms with Crippen LogP contribution in [0.2, 0.25) is 0 Å². The second-order valence-electron chi connectivity index (χ2n) is 3.47. The zero-order valence-electron chi connectivity index (χ0n) is 8.86. The fourth-order valence-corrected chi connectivity index (χ4v) is 1.18. The number of benzene rings is 1. The number of carboxylic acid groups (broad SMARTS) is 1. The van der Waals surface area contributed by atoms with E-state index in [-0.39, 0.29) is 17.4 Å². The SMILES string of the molecule is CC(C)Oc1cc(C=O)cc(C(=O)O)c1F. The van der Waals surface area contributed by atoms with Crippen LogP contribution in [0.5, 0.6) is 5.75 Å². The van der Waals surface area contributed by atoms with Gasteiger partial charge in [-0.05, 0) is 26.0 Å². The summed E-state index contributed by atoms with van der Waals surface area (Å²) >= 11 is 0. The molecule has 0 aliphatic heterocycles. The molecule has 0 aliphatic carbocycles. The minimum Gasteiger partial charge on any atom is -0.488 e. The molecule has 86 valence electrons. The molecular weight excluding hydrogens is 215 g/mol. The van der Waals surface area contributed by atoms with E-state index in [9.17, 15) is 14.0 Å². The van der Waals surface area contributed by atoms with E-state index in [1.165, 1.54) is 6.07 Å². The van der Waals surface area contributed by atoms with Gasteiger partial charge in [0.15, 0.2) is 11.6 Å². The van der Waals surface area contributed by atoms with Crippen molar-refractivity contribution in [3.8, 4) is 5.75 Å². The van der Waals surface area contributed by atoms with Crippen LogP contribution < -0.4 is 4.74 Å². The number of carbonyl (C=O) groups is 2. The van der Waals surface area contributed by atoms with Crippen LogP contribution in [0.25, 0.3) is 0 Å². The minimum atomic E-state index is -1.44. The molecule has 0 spiro atoms. The maximum Gasteiger partial charge on any atom is 0.338 e. The van der Waals surface area contributed by atoms with Gasteiger partial charge in [-0.3, -0.25) is 4.79 Å². The highest BCUT2D eigenvalue weighted by Gasteiger charge is 2.17. The van der Waals surface area contributed by atoms with Gasteiger partial charge in [0, 0.05) is 5.56 Å². The molecule has 0 amide bonds. The van der Waals surface area contributed by atoms with Crippen molar-refractivity contribution in [3.05, 3.63) is 29.1 Å². The minimum absolute atomic E-state index is 0.0643. The van der Waals surface area contributed by atoms with E-state index in [0.29, 0.717) is 6.29 Å². The Bertz CT molecular complexity index is 426. The summed E-state index contributed by atoms with van der Waals surface area (Å²) in [7, 11) is 0. The van der Waals surface area contributed by atoms with Crippen LogP contribution in [-0.4, -0.2) is 23.5 Å². The molecule has 4 nitrogen and oxygen atoms in total. The molecule has 0 heterocycles. The molecule has 1 aromatic carbocycles. The molecule has 16 heavy (non-hydrogen) atoms. The fourth-order valence-electron chi connectivity index (χ4n) is 1.18. The van der Waals surface area contributed by atoms with E-state index < -0.39 is 17.3 Å². The molecule has 0 aliphatic rings. The van der Waals surface area contributed by atoms with E-state index in [1.807, 2.05) is 0 Å². The van der Waals surface area contributed by atoms with Crippen LogP contribution in [0.4, 0.5) is 4.39 Å². The maximum atomic E-state index is 13.6. The molecule has 0 aromatic heterocycles. The highest BCUT2D eigenvalue weighted by molar-refractivity contribution is 5.91. The Morgan fingerprint density at radius 2 is 2.12 bits per heavy atom. The molecule has 0 radical (unpaired) electrons. The molecule has 0 saturated carbocycles. The number of hydrogen-bond donors (Lipinski definition) is 1. The summed E-state index contributed by atoms with van der Waals surface area (Å²) < 4.78 is 18.7. The summed E-state index contributed by atoms with van der Waals surface area (Å²) in [5, 5.41) is 8.73. The first kappa shape index (κ1) is 12.2. The van der Waals surface area contributed by atoms with Crippen LogP contribution >= 0.6 is 0 Å². The number of hydrogen-bond acceptors (Lipinski definition) is 3. The van der Waals surface area contributed by atoms with E-state index in [0.717, 1.165) is 6.07 Å². The number of aldehydes is 1. The van der Waals surface area contributed by atoms with Crippen LogP contribution in [0.1, 0.15) is 34.6 Å². The van der Waals surface area contributed by atoms with Gasteiger partial charge in [0.05, 0.1) is 11.7 Å². The third-order valence-corrected chi connectivity index (χ3v) is 1.79. The number of carbonyl (C=O) groups excluding carboxylic acids is 1. The smallest absolute Gasteiger partial charge is 0.338 e. The van der Waals surface area contributed by atoms with Gasteiger partial charge in [-0.1, -0.05) is 0 Å². The first-order valence-electron chi connectivity index (χ1n) is 4.64. The van der Waals surface area contributed by atoms with Gasteiger partial charge in [-0.15, -0.1) is 0 Å². The van der Waals surface area contributed by atoms with Gasteiger partial charge < -0.3 is 9.84 Å². The highest BCUT2D eigenvalue weighted by Crippen LogP contribution is 2.23. The average Bonchev–Trinajstić information content (AvgIpc) is 2.19. The summed E-state index contributed by atoms with van der Waals surface area (Å²) in [6.45, 7) is 3.35. The van der Waals surface area contributed by atoms with Crippen molar-refractivity contribution in [2.24, 2.45) is 0 Å². The number of carboxylic acids is 1.